The molecule has 0 aliphatic heterocycles. The van der Waals surface area contributed by atoms with Crippen molar-refractivity contribution in [3.05, 3.63) is 42.9 Å². The SMILES string of the molecule is Cn1cncc1-c1nc2ccccc2cc1O. The van der Waals surface area contributed by atoms with Crippen LogP contribution in [0.3, 0.4) is 0 Å². The number of aromatic nitrogens is 3. The van der Waals surface area contributed by atoms with Gasteiger partial charge in [-0.25, -0.2) is 9.97 Å². The minimum absolute atomic E-state index is 0.173. The Morgan fingerprint density at radius 3 is 2.82 bits per heavy atom. The van der Waals surface area contributed by atoms with Crippen LogP contribution in [0.2, 0.25) is 0 Å². The summed E-state index contributed by atoms with van der Waals surface area (Å²) in [6, 6.07) is 9.43. The molecule has 0 aliphatic carbocycles. The fourth-order valence-corrected chi connectivity index (χ4v) is 1.88. The topological polar surface area (TPSA) is 50.9 Å². The molecule has 1 aromatic carbocycles. The van der Waals surface area contributed by atoms with E-state index in [1.807, 2.05) is 35.9 Å². The zero-order chi connectivity index (χ0) is 11.8. The summed E-state index contributed by atoms with van der Waals surface area (Å²) in [6.45, 7) is 0. The second-order valence-electron chi connectivity index (χ2n) is 3.94. The van der Waals surface area contributed by atoms with Crippen molar-refractivity contribution >= 4 is 10.9 Å². The summed E-state index contributed by atoms with van der Waals surface area (Å²) in [6.07, 6.45) is 3.38. The van der Waals surface area contributed by atoms with Gasteiger partial charge in [0.1, 0.15) is 11.4 Å². The van der Waals surface area contributed by atoms with E-state index in [0.717, 1.165) is 16.6 Å². The Morgan fingerprint density at radius 2 is 2.06 bits per heavy atom. The highest BCUT2D eigenvalue weighted by Gasteiger charge is 2.10. The van der Waals surface area contributed by atoms with Gasteiger partial charge in [0.15, 0.2) is 0 Å². The second kappa shape index (κ2) is 3.59. The van der Waals surface area contributed by atoms with Gasteiger partial charge >= 0.3 is 0 Å². The smallest absolute Gasteiger partial charge is 0.144 e. The molecule has 0 unspecified atom stereocenters. The molecular formula is C13H11N3O. The average molecular weight is 225 g/mol. The summed E-state index contributed by atoms with van der Waals surface area (Å²) in [5, 5.41) is 10.9. The molecule has 2 heterocycles. The maximum absolute atomic E-state index is 10.0. The van der Waals surface area contributed by atoms with Crippen molar-refractivity contribution in [2.24, 2.45) is 7.05 Å². The van der Waals surface area contributed by atoms with Gasteiger partial charge < -0.3 is 9.67 Å². The van der Waals surface area contributed by atoms with Crippen LogP contribution in [0.1, 0.15) is 0 Å². The highest BCUT2D eigenvalue weighted by atomic mass is 16.3. The molecule has 4 heteroatoms. The first-order valence-electron chi connectivity index (χ1n) is 5.31. The molecule has 17 heavy (non-hydrogen) atoms. The number of hydrogen-bond donors (Lipinski definition) is 1. The third-order valence-electron chi connectivity index (χ3n) is 2.76. The van der Waals surface area contributed by atoms with Gasteiger partial charge in [0.05, 0.1) is 23.7 Å². The maximum Gasteiger partial charge on any atom is 0.144 e. The number of para-hydroxylation sites is 1. The Morgan fingerprint density at radius 1 is 1.24 bits per heavy atom. The van der Waals surface area contributed by atoms with E-state index in [9.17, 15) is 5.11 Å². The largest absolute Gasteiger partial charge is 0.506 e. The zero-order valence-corrected chi connectivity index (χ0v) is 9.33. The van der Waals surface area contributed by atoms with Gasteiger partial charge in [0.2, 0.25) is 0 Å². The molecule has 0 atom stereocenters. The number of benzene rings is 1. The number of aromatic hydroxyl groups is 1. The molecule has 84 valence electrons. The van der Waals surface area contributed by atoms with Crippen molar-refractivity contribution in [1.29, 1.82) is 0 Å². The first kappa shape index (κ1) is 9.84. The average Bonchev–Trinajstić information content (AvgIpc) is 2.74. The lowest BCUT2D eigenvalue weighted by Crippen LogP contribution is -1.93. The van der Waals surface area contributed by atoms with Crippen molar-refractivity contribution in [3.63, 3.8) is 0 Å². The molecule has 3 aromatic rings. The molecular weight excluding hydrogens is 214 g/mol. The van der Waals surface area contributed by atoms with E-state index in [1.165, 1.54) is 0 Å². The quantitative estimate of drug-likeness (QED) is 0.691. The molecule has 0 radical (unpaired) electrons. The van der Waals surface area contributed by atoms with Crippen LogP contribution in [-0.4, -0.2) is 19.6 Å². The Labute approximate surface area is 98.2 Å². The Balaban J connectivity index is 2.30. The fraction of sp³-hybridized carbons (Fsp3) is 0.0769. The van der Waals surface area contributed by atoms with Crippen molar-refractivity contribution in [2.45, 2.75) is 0 Å². The predicted molar refractivity (Wildman–Crippen MR) is 65.6 cm³/mol. The van der Waals surface area contributed by atoms with E-state index in [0.29, 0.717) is 5.69 Å². The summed E-state index contributed by atoms with van der Waals surface area (Å²) in [7, 11) is 1.87. The van der Waals surface area contributed by atoms with Gasteiger partial charge in [-0.3, -0.25) is 0 Å². The minimum Gasteiger partial charge on any atom is -0.506 e. The maximum atomic E-state index is 10.0. The number of hydrogen-bond acceptors (Lipinski definition) is 3. The van der Waals surface area contributed by atoms with E-state index in [4.69, 9.17) is 0 Å². The Kier molecular flexibility index (Phi) is 2.08. The van der Waals surface area contributed by atoms with Gasteiger partial charge in [-0.2, -0.15) is 0 Å². The molecule has 0 aliphatic rings. The van der Waals surface area contributed by atoms with E-state index in [2.05, 4.69) is 9.97 Å². The summed E-state index contributed by atoms with van der Waals surface area (Å²) < 4.78 is 1.83. The first-order chi connectivity index (χ1) is 8.25. The van der Waals surface area contributed by atoms with Crippen LogP contribution in [0.15, 0.2) is 42.9 Å². The molecule has 0 amide bonds. The minimum atomic E-state index is 0.173. The molecule has 4 nitrogen and oxygen atoms in total. The number of pyridine rings is 1. The number of rotatable bonds is 1. The van der Waals surface area contributed by atoms with Gasteiger partial charge in [0.25, 0.3) is 0 Å². The predicted octanol–water partition coefficient (Wildman–Crippen LogP) is 2.34. The number of nitrogens with zero attached hydrogens (tertiary/aromatic N) is 3. The number of fused-ring (bicyclic) bond motifs is 1. The molecule has 1 N–H and O–H groups in total. The fourth-order valence-electron chi connectivity index (χ4n) is 1.88. The van der Waals surface area contributed by atoms with E-state index in [1.54, 1.807) is 18.6 Å². The monoisotopic (exact) mass is 225 g/mol. The normalized spacial score (nSPS) is 10.9. The molecule has 2 aromatic heterocycles. The number of aryl methyl sites for hydroxylation is 1. The van der Waals surface area contributed by atoms with E-state index >= 15 is 0 Å². The summed E-state index contributed by atoms with van der Waals surface area (Å²) >= 11 is 0. The molecule has 0 bridgehead atoms. The highest BCUT2D eigenvalue weighted by molar-refractivity contribution is 5.84. The van der Waals surface area contributed by atoms with Crippen molar-refractivity contribution in [3.8, 4) is 17.1 Å². The van der Waals surface area contributed by atoms with Crippen LogP contribution in [0.5, 0.6) is 5.75 Å². The van der Waals surface area contributed by atoms with Crippen LogP contribution in [-0.2, 0) is 7.05 Å². The van der Waals surface area contributed by atoms with Crippen LogP contribution < -0.4 is 0 Å². The van der Waals surface area contributed by atoms with Gasteiger partial charge in [0, 0.05) is 12.4 Å². The van der Waals surface area contributed by atoms with Crippen molar-refractivity contribution in [2.75, 3.05) is 0 Å². The second-order valence-corrected chi connectivity index (χ2v) is 3.94. The lowest BCUT2D eigenvalue weighted by molar-refractivity contribution is 0.475. The molecule has 0 saturated carbocycles. The van der Waals surface area contributed by atoms with E-state index < -0.39 is 0 Å². The third kappa shape index (κ3) is 1.54. The molecule has 3 rings (SSSR count). The van der Waals surface area contributed by atoms with Gasteiger partial charge in [-0.1, -0.05) is 18.2 Å². The molecule has 0 saturated heterocycles. The Hall–Kier alpha value is -2.36. The molecule has 0 fully saturated rings. The van der Waals surface area contributed by atoms with Crippen LogP contribution in [0, 0.1) is 0 Å². The van der Waals surface area contributed by atoms with E-state index in [-0.39, 0.29) is 5.75 Å². The summed E-state index contributed by atoms with van der Waals surface area (Å²) in [5.74, 6) is 0.173. The lowest BCUT2D eigenvalue weighted by Gasteiger charge is -2.06. The van der Waals surface area contributed by atoms with Crippen LogP contribution in [0.25, 0.3) is 22.3 Å². The standard InChI is InChI=1S/C13H11N3O/c1-16-8-14-7-11(16)13-12(17)6-9-4-2-3-5-10(9)15-13/h2-8,17H,1H3. The zero-order valence-electron chi connectivity index (χ0n) is 9.33. The highest BCUT2D eigenvalue weighted by Crippen LogP contribution is 2.29. The van der Waals surface area contributed by atoms with Gasteiger partial charge in [-0.15, -0.1) is 0 Å². The third-order valence-corrected chi connectivity index (χ3v) is 2.76. The number of imidazole rings is 1. The first-order valence-corrected chi connectivity index (χ1v) is 5.31. The van der Waals surface area contributed by atoms with Crippen molar-refractivity contribution in [1.82, 2.24) is 14.5 Å². The van der Waals surface area contributed by atoms with Crippen LogP contribution in [0.4, 0.5) is 0 Å². The summed E-state index contributed by atoms with van der Waals surface area (Å²) in [4.78, 5) is 8.50. The van der Waals surface area contributed by atoms with Gasteiger partial charge in [-0.05, 0) is 12.1 Å². The van der Waals surface area contributed by atoms with Crippen molar-refractivity contribution < 1.29 is 5.11 Å². The Bertz CT molecular complexity index is 688. The van der Waals surface area contributed by atoms with Crippen LogP contribution >= 0.6 is 0 Å². The molecule has 0 spiro atoms. The summed E-state index contributed by atoms with van der Waals surface area (Å²) in [5.41, 5.74) is 2.22. The lowest BCUT2D eigenvalue weighted by atomic mass is 10.1.